The monoisotopic (exact) mass is 209 g/mol. The second-order valence-corrected chi connectivity index (χ2v) is 3.32. The molecule has 0 fully saturated rings. The predicted molar refractivity (Wildman–Crippen MR) is 59.5 cm³/mol. The molecule has 0 unspecified atom stereocenters. The fourth-order valence-electron chi connectivity index (χ4n) is 0.990. The summed E-state index contributed by atoms with van der Waals surface area (Å²) in [5.41, 5.74) is 0.767. The van der Waals surface area contributed by atoms with Crippen molar-refractivity contribution in [1.29, 1.82) is 0 Å². The summed E-state index contributed by atoms with van der Waals surface area (Å²) in [4.78, 5) is 11.3. The second-order valence-electron chi connectivity index (χ2n) is 2.88. The molecule has 1 rings (SSSR count). The number of benzene rings is 1. The van der Waals surface area contributed by atoms with Crippen LogP contribution in [0.15, 0.2) is 36.9 Å². The molecule has 1 aromatic carbocycles. The van der Waals surface area contributed by atoms with Crippen LogP contribution in [-0.4, -0.2) is 5.91 Å². The van der Waals surface area contributed by atoms with E-state index in [9.17, 15) is 4.79 Å². The van der Waals surface area contributed by atoms with Crippen molar-refractivity contribution in [1.82, 2.24) is 0 Å². The number of carbonyl (C=O) groups excluding carboxylic acids is 1. The van der Waals surface area contributed by atoms with Gasteiger partial charge in [0.25, 0.3) is 0 Å². The molecule has 1 N–H and O–H groups in total. The molecule has 0 aliphatic heterocycles. The first-order chi connectivity index (χ1) is 6.72. The zero-order valence-electron chi connectivity index (χ0n) is 7.79. The first-order valence-corrected chi connectivity index (χ1v) is 4.76. The number of anilines is 1. The van der Waals surface area contributed by atoms with E-state index in [1.165, 1.54) is 0 Å². The van der Waals surface area contributed by atoms with Crippen molar-refractivity contribution < 1.29 is 4.79 Å². The van der Waals surface area contributed by atoms with E-state index < -0.39 is 0 Å². The predicted octanol–water partition coefficient (Wildman–Crippen LogP) is 3.24. The molecule has 1 aromatic rings. The summed E-state index contributed by atoms with van der Waals surface area (Å²) in [6, 6.07) is 7.03. The van der Waals surface area contributed by atoms with Crippen LogP contribution in [0.5, 0.6) is 0 Å². The normalized spacial score (nSPS) is 9.50. The van der Waals surface area contributed by atoms with E-state index >= 15 is 0 Å². The van der Waals surface area contributed by atoms with Crippen LogP contribution in [0.3, 0.4) is 0 Å². The first-order valence-electron chi connectivity index (χ1n) is 4.38. The van der Waals surface area contributed by atoms with Crippen LogP contribution >= 0.6 is 11.6 Å². The molecule has 0 saturated carbocycles. The maximum atomic E-state index is 11.3. The minimum Gasteiger partial charge on any atom is -0.326 e. The van der Waals surface area contributed by atoms with Gasteiger partial charge in [-0.1, -0.05) is 17.7 Å². The molecule has 0 aliphatic carbocycles. The molecule has 0 aliphatic rings. The lowest BCUT2D eigenvalue weighted by Gasteiger charge is -2.03. The summed E-state index contributed by atoms with van der Waals surface area (Å²) in [5.74, 6) is -0.00720. The van der Waals surface area contributed by atoms with E-state index in [1.807, 2.05) is 0 Å². The van der Waals surface area contributed by atoms with Gasteiger partial charge in [0.15, 0.2) is 0 Å². The van der Waals surface area contributed by atoms with Crippen molar-refractivity contribution in [2.75, 3.05) is 5.32 Å². The Balaban J connectivity index is 2.47. The number of carbonyl (C=O) groups is 1. The van der Waals surface area contributed by atoms with Gasteiger partial charge < -0.3 is 5.32 Å². The van der Waals surface area contributed by atoms with E-state index in [0.29, 0.717) is 17.9 Å². The number of hydrogen-bond acceptors (Lipinski definition) is 1. The minimum absolute atomic E-state index is 0.00720. The number of hydrogen-bond donors (Lipinski definition) is 1. The Hall–Kier alpha value is -1.28. The maximum absolute atomic E-state index is 11.3. The molecule has 0 heterocycles. The molecule has 3 heteroatoms. The van der Waals surface area contributed by atoms with Gasteiger partial charge in [0, 0.05) is 17.1 Å². The third kappa shape index (κ3) is 3.62. The Morgan fingerprint density at radius 2 is 2.07 bits per heavy atom. The topological polar surface area (TPSA) is 29.1 Å². The zero-order chi connectivity index (χ0) is 10.4. The molecule has 1 amide bonds. The highest BCUT2D eigenvalue weighted by atomic mass is 35.5. The smallest absolute Gasteiger partial charge is 0.224 e. The molecule has 0 atom stereocenters. The summed E-state index contributed by atoms with van der Waals surface area (Å²) in [5, 5.41) is 3.42. The van der Waals surface area contributed by atoms with Crippen LogP contribution in [-0.2, 0) is 4.79 Å². The van der Waals surface area contributed by atoms with Crippen LogP contribution in [0.4, 0.5) is 5.69 Å². The Morgan fingerprint density at radius 1 is 1.43 bits per heavy atom. The molecular weight excluding hydrogens is 198 g/mol. The van der Waals surface area contributed by atoms with Crippen LogP contribution < -0.4 is 5.32 Å². The van der Waals surface area contributed by atoms with Gasteiger partial charge in [-0.05, 0) is 30.7 Å². The molecule has 0 radical (unpaired) electrons. The van der Waals surface area contributed by atoms with Gasteiger partial charge >= 0.3 is 0 Å². The van der Waals surface area contributed by atoms with E-state index in [2.05, 4.69) is 11.9 Å². The average Bonchev–Trinajstić information content (AvgIpc) is 2.18. The molecule has 74 valence electrons. The molecule has 0 spiro atoms. The third-order valence-corrected chi connectivity index (χ3v) is 1.96. The van der Waals surface area contributed by atoms with Gasteiger partial charge in [0.2, 0.25) is 5.91 Å². The Labute approximate surface area is 88.6 Å². The standard InChI is InChI=1S/C11H12ClNO/c1-2-3-4-11(14)13-10-7-5-9(12)6-8-10/h2,5-8H,1,3-4H2,(H,13,14). The van der Waals surface area contributed by atoms with Crippen LogP contribution in [0.2, 0.25) is 5.02 Å². The van der Waals surface area contributed by atoms with Crippen molar-refractivity contribution >= 4 is 23.2 Å². The van der Waals surface area contributed by atoms with E-state index in [4.69, 9.17) is 11.6 Å². The summed E-state index contributed by atoms with van der Waals surface area (Å²) in [7, 11) is 0. The fourth-order valence-corrected chi connectivity index (χ4v) is 1.12. The van der Waals surface area contributed by atoms with Crippen LogP contribution in [0.25, 0.3) is 0 Å². The number of halogens is 1. The van der Waals surface area contributed by atoms with Crippen molar-refractivity contribution in [2.24, 2.45) is 0 Å². The lowest BCUT2D eigenvalue weighted by atomic mass is 10.2. The Bertz CT molecular complexity index is 319. The molecular formula is C11H12ClNO. The molecule has 0 aromatic heterocycles. The average molecular weight is 210 g/mol. The number of nitrogens with one attached hydrogen (secondary N) is 1. The fraction of sp³-hybridized carbons (Fsp3) is 0.182. The van der Waals surface area contributed by atoms with Gasteiger partial charge in [-0.15, -0.1) is 6.58 Å². The highest BCUT2D eigenvalue weighted by Crippen LogP contribution is 2.13. The molecule has 0 bridgehead atoms. The van der Waals surface area contributed by atoms with Crippen molar-refractivity contribution in [3.63, 3.8) is 0 Å². The highest BCUT2D eigenvalue weighted by molar-refractivity contribution is 6.30. The number of rotatable bonds is 4. The van der Waals surface area contributed by atoms with Crippen molar-refractivity contribution in [3.8, 4) is 0 Å². The van der Waals surface area contributed by atoms with Gasteiger partial charge in [-0.25, -0.2) is 0 Å². The summed E-state index contributed by atoms with van der Waals surface area (Å²) >= 11 is 5.71. The van der Waals surface area contributed by atoms with Gasteiger partial charge in [-0.3, -0.25) is 4.79 Å². The van der Waals surface area contributed by atoms with E-state index in [-0.39, 0.29) is 5.91 Å². The third-order valence-electron chi connectivity index (χ3n) is 1.70. The van der Waals surface area contributed by atoms with Crippen LogP contribution in [0.1, 0.15) is 12.8 Å². The van der Waals surface area contributed by atoms with Crippen molar-refractivity contribution in [3.05, 3.63) is 41.9 Å². The molecule has 14 heavy (non-hydrogen) atoms. The molecule has 0 saturated heterocycles. The zero-order valence-corrected chi connectivity index (χ0v) is 8.55. The van der Waals surface area contributed by atoms with Gasteiger partial charge in [-0.2, -0.15) is 0 Å². The quantitative estimate of drug-likeness (QED) is 0.758. The first kappa shape index (κ1) is 10.8. The SMILES string of the molecule is C=CCCC(=O)Nc1ccc(Cl)cc1. The van der Waals surface area contributed by atoms with E-state index in [0.717, 1.165) is 5.69 Å². The summed E-state index contributed by atoms with van der Waals surface area (Å²) < 4.78 is 0. The van der Waals surface area contributed by atoms with Crippen molar-refractivity contribution in [2.45, 2.75) is 12.8 Å². The minimum atomic E-state index is -0.00720. The van der Waals surface area contributed by atoms with E-state index in [1.54, 1.807) is 30.3 Å². The number of amides is 1. The lowest BCUT2D eigenvalue weighted by molar-refractivity contribution is -0.116. The Kier molecular flexibility index (Phi) is 4.20. The summed E-state index contributed by atoms with van der Waals surface area (Å²) in [6.45, 7) is 3.55. The molecule has 2 nitrogen and oxygen atoms in total. The van der Waals surface area contributed by atoms with Gasteiger partial charge in [0.1, 0.15) is 0 Å². The van der Waals surface area contributed by atoms with Crippen LogP contribution in [0, 0.1) is 0 Å². The van der Waals surface area contributed by atoms with Gasteiger partial charge in [0.05, 0.1) is 0 Å². The maximum Gasteiger partial charge on any atom is 0.224 e. The Morgan fingerprint density at radius 3 is 2.64 bits per heavy atom. The summed E-state index contributed by atoms with van der Waals surface area (Å²) in [6.07, 6.45) is 2.88. The highest BCUT2D eigenvalue weighted by Gasteiger charge is 1.99. The lowest BCUT2D eigenvalue weighted by Crippen LogP contribution is -2.10. The largest absolute Gasteiger partial charge is 0.326 e. The second kappa shape index (κ2) is 5.45. The number of allylic oxidation sites excluding steroid dienone is 1.